The van der Waals surface area contributed by atoms with Crippen LogP contribution in [0.25, 0.3) is 0 Å². The van der Waals surface area contributed by atoms with Gasteiger partial charge in [-0.2, -0.15) is 0 Å². The van der Waals surface area contributed by atoms with Crippen molar-refractivity contribution >= 4 is 5.91 Å². The Morgan fingerprint density at radius 2 is 1.79 bits per heavy atom. The van der Waals surface area contributed by atoms with Gasteiger partial charge in [0.15, 0.2) is 0 Å². The van der Waals surface area contributed by atoms with Crippen LogP contribution >= 0.6 is 0 Å². The lowest BCUT2D eigenvalue weighted by molar-refractivity contribution is -0.136. The molecule has 0 radical (unpaired) electrons. The minimum Gasteiger partial charge on any atom is -0.447 e. The van der Waals surface area contributed by atoms with Gasteiger partial charge in [-0.1, -0.05) is 20.3 Å². The second-order valence-electron chi connectivity index (χ2n) is 5.23. The molecule has 0 bridgehead atoms. The number of terminal acetylenes is 1. The first-order valence-electron chi connectivity index (χ1n) is 6.69. The highest BCUT2D eigenvalue weighted by Gasteiger charge is 2.30. The first-order valence-corrected chi connectivity index (χ1v) is 6.69. The summed E-state index contributed by atoms with van der Waals surface area (Å²) >= 11 is 0. The molecule has 4 nitrogen and oxygen atoms in total. The Morgan fingerprint density at radius 1 is 1.26 bits per heavy atom. The number of hydrogen-bond donors (Lipinski definition) is 1. The van der Waals surface area contributed by atoms with E-state index in [0.717, 1.165) is 0 Å². The second-order valence-corrected chi connectivity index (χ2v) is 5.23. The lowest BCUT2D eigenvalue weighted by atomic mass is 9.93. The standard InChI is InChI=1S/C13H23NO3.C2H6/c1-7-16-9-8-13(4,5)17-10-12(2,3)11(15)14-6;1-2/h1H,8-10H2,2-6H3,(H,14,15);1-2H3. The van der Waals surface area contributed by atoms with Crippen LogP contribution in [0.3, 0.4) is 0 Å². The van der Waals surface area contributed by atoms with Crippen LogP contribution in [-0.4, -0.2) is 31.8 Å². The maximum absolute atomic E-state index is 11.6. The Balaban J connectivity index is 0. The fraction of sp³-hybridized carbons (Fsp3) is 0.800. The average Bonchev–Trinajstić information content (AvgIpc) is 2.38. The summed E-state index contributed by atoms with van der Waals surface area (Å²) in [6.45, 7) is 12.4. The Morgan fingerprint density at radius 3 is 2.21 bits per heavy atom. The van der Waals surface area contributed by atoms with E-state index in [9.17, 15) is 4.79 Å². The molecule has 0 aliphatic heterocycles. The lowest BCUT2D eigenvalue weighted by Crippen LogP contribution is -2.41. The van der Waals surface area contributed by atoms with Crippen LogP contribution in [0.1, 0.15) is 48.0 Å². The molecule has 0 aliphatic rings. The van der Waals surface area contributed by atoms with E-state index < -0.39 is 5.41 Å². The predicted molar refractivity (Wildman–Crippen MR) is 78.6 cm³/mol. The number of rotatable bonds is 7. The van der Waals surface area contributed by atoms with Crippen molar-refractivity contribution in [2.45, 2.75) is 53.6 Å². The fourth-order valence-corrected chi connectivity index (χ4v) is 1.21. The monoisotopic (exact) mass is 271 g/mol. The normalized spacial score (nSPS) is 10.8. The molecule has 19 heavy (non-hydrogen) atoms. The number of carbonyl (C=O) groups excluding carboxylic acids is 1. The van der Waals surface area contributed by atoms with Crippen molar-refractivity contribution < 1.29 is 14.3 Å². The average molecular weight is 271 g/mol. The summed E-state index contributed by atoms with van der Waals surface area (Å²) < 4.78 is 10.6. The zero-order valence-corrected chi connectivity index (χ0v) is 13.4. The molecule has 0 spiro atoms. The first kappa shape index (κ1) is 20.1. The van der Waals surface area contributed by atoms with Crippen LogP contribution < -0.4 is 5.32 Å². The second kappa shape index (κ2) is 9.69. The molecular weight excluding hydrogens is 242 g/mol. The molecule has 0 aromatic rings. The van der Waals surface area contributed by atoms with Gasteiger partial charge in [-0.15, -0.1) is 0 Å². The van der Waals surface area contributed by atoms with Crippen LogP contribution in [0, 0.1) is 17.9 Å². The van der Waals surface area contributed by atoms with E-state index in [4.69, 9.17) is 15.9 Å². The highest BCUT2D eigenvalue weighted by Crippen LogP contribution is 2.22. The molecule has 0 heterocycles. The Kier molecular flexibility index (Phi) is 10.3. The van der Waals surface area contributed by atoms with E-state index in [1.165, 1.54) is 0 Å². The predicted octanol–water partition coefficient (Wildman–Crippen LogP) is 2.58. The van der Waals surface area contributed by atoms with Gasteiger partial charge >= 0.3 is 0 Å². The third kappa shape index (κ3) is 9.38. The molecule has 0 atom stereocenters. The van der Waals surface area contributed by atoms with Gasteiger partial charge in [-0.3, -0.25) is 4.79 Å². The van der Waals surface area contributed by atoms with Gasteiger partial charge in [0.25, 0.3) is 0 Å². The fourth-order valence-electron chi connectivity index (χ4n) is 1.21. The molecule has 1 amide bonds. The summed E-state index contributed by atoms with van der Waals surface area (Å²) in [6.07, 6.45) is 7.79. The molecule has 0 unspecified atom stereocenters. The summed E-state index contributed by atoms with van der Waals surface area (Å²) in [6, 6.07) is 0. The molecule has 0 saturated heterocycles. The van der Waals surface area contributed by atoms with Crippen molar-refractivity contribution in [2.24, 2.45) is 5.41 Å². The summed E-state index contributed by atoms with van der Waals surface area (Å²) in [5.74, 6) is -0.0341. The summed E-state index contributed by atoms with van der Waals surface area (Å²) in [4.78, 5) is 11.6. The zero-order valence-electron chi connectivity index (χ0n) is 13.4. The lowest BCUT2D eigenvalue weighted by Gasteiger charge is -2.30. The molecular formula is C15H29NO3. The van der Waals surface area contributed by atoms with E-state index in [-0.39, 0.29) is 11.5 Å². The number of amides is 1. The van der Waals surface area contributed by atoms with Crippen molar-refractivity contribution in [1.29, 1.82) is 0 Å². The molecule has 4 heteroatoms. The van der Waals surface area contributed by atoms with Gasteiger partial charge in [0, 0.05) is 13.5 Å². The van der Waals surface area contributed by atoms with Crippen molar-refractivity contribution in [3.05, 3.63) is 0 Å². The largest absolute Gasteiger partial charge is 0.447 e. The maximum atomic E-state index is 11.6. The number of ether oxygens (including phenoxy) is 2. The van der Waals surface area contributed by atoms with Gasteiger partial charge in [-0.05, 0) is 27.7 Å². The van der Waals surface area contributed by atoms with Crippen molar-refractivity contribution in [3.63, 3.8) is 0 Å². The zero-order chi connectivity index (χ0) is 15.5. The van der Waals surface area contributed by atoms with Crippen LogP contribution in [0.2, 0.25) is 0 Å². The van der Waals surface area contributed by atoms with E-state index in [2.05, 4.69) is 11.4 Å². The highest BCUT2D eigenvalue weighted by atomic mass is 16.5. The number of carbonyl (C=O) groups is 1. The maximum Gasteiger partial charge on any atom is 0.227 e. The van der Waals surface area contributed by atoms with Crippen molar-refractivity contribution in [1.82, 2.24) is 5.32 Å². The Hall–Kier alpha value is -1.21. The van der Waals surface area contributed by atoms with Crippen LogP contribution in [0.4, 0.5) is 0 Å². The molecule has 1 N–H and O–H groups in total. The van der Waals surface area contributed by atoms with Crippen LogP contribution in [-0.2, 0) is 14.3 Å². The summed E-state index contributed by atoms with van der Waals surface area (Å²) in [7, 11) is 1.62. The molecule has 112 valence electrons. The molecule has 0 aromatic heterocycles. The van der Waals surface area contributed by atoms with E-state index in [0.29, 0.717) is 19.6 Å². The minimum absolute atomic E-state index is 0.0341. The van der Waals surface area contributed by atoms with E-state index in [1.54, 1.807) is 7.05 Å². The number of hydrogen-bond acceptors (Lipinski definition) is 3. The molecule has 0 rings (SSSR count). The van der Waals surface area contributed by atoms with Gasteiger partial charge in [0.2, 0.25) is 5.91 Å². The molecule has 0 aliphatic carbocycles. The topological polar surface area (TPSA) is 47.6 Å². The third-order valence-electron chi connectivity index (χ3n) is 2.56. The smallest absolute Gasteiger partial charge is 0.227 e. The van der Waals surface area contributed by atoms with Gasteiger partial charge in [-0.25, -0.2) is 0 Å². The van der Waals surface area contributed by atoms with E-state index in [1.807, 2.05) is 41.5 Å². The van der Waals surface area contributed by atoms with Crippen LogP contribution in [0.5, 0.6) is 0 Å². The van der Waals surface area contributed by atoms with Gasteiger partial charge < -0.3 is 14.8 Å². The Labute approximate surface area is 118 Å². The quantitative estimate of drug-likeness (QED) is 0.572. The summed E-state index contributed by atoms with van der Waals surface area (Å²) in [5.41, 5.74) is -0.902. The highest BCUT2D eigenvalue weighted by molar-refractivity contribution is 5.81. The molecule has 0 saturated carbocycles. The van der Waals surface area contributed by atoms with Crippen LogP contribution in [0.15, 0.2) is 0 Å². The third-order valence-corrected chi connectivity index (χ3v) is 2.56. The molecule has 0 fully saturated rings. The van der Waals surface area contributed by atoms with Crippen molar-refractivity contribution in [2.75, 3.05) is 20.3 Å². The van der Waals surface area contributed by atoms with Crippen molar-refractivity contribution in [3.8, 4) is 12.5 Å². The summed E-state index contributed by atoms with van der Waals surface area (Å²) in [5, 5.41) is 2.62. The first-order chi connectivity index (χ1) is 8.75. The van der Waals surface area contributed by atoms with Gasteiger partial charge in [0.05, 0.1) is 17.6 Å². The Bertz CT molecular complexity index is 290. The number of nitrogens with one attached hydrogen (secondary N) is 1. The SMILES string of the molecule is C#COCCC(C)(C)OCC(C)(C)C(=O)NC.CC. The van der Waals surface area contributed by atoms with Gasteiger partial charge in [0.1, 0.15) is 12.7 Å². The minimum atomic E-state index is -0.543. The molecule has 0 aromatic carbocycles. The van der Waals surface area contributed by atoms with E-state index >= 15 is 0 Å².